The van der Waals surface area contributed by atoms with E-state index < -0.39 is 0 Å². The summed E-state index contributed by atoms with van der Waals surface area (Å²) in [4.78, 5) is 7.69. The van der Waals surface area contributed by atoms with Gasteiger partial charge in [-0.25, -0.2) is 0 Å². The molecule has 0 saturated heterocycles. The van der Waals surface area contributed by atoms with Crippen LogP contribution in [0.25, 0.3) is 10.9 Å². The second kappa shape index (κ2) is 10.5. The summed E-state index contributed by atoms with van der Waals surface area (Å²) in [6, 6.07) is 6.53. The molecular formula is C21H30IN5O. The van der Waals surface area contributed by atoms with E-state index in [4.69, 9.17) is 4.52 Å². The number of H-pyrrole nitrogens is 1. The molecule has 0 atom stereocenters. The smallest absolute Gasteiger partial charge is 0.191 e. The normalized spacial score (nSPS) is 11.5. The van der Waals surface area contributed by atoms with E-state index in [1.54, 1.807) is 7.05 Å². The van der Waals surface area contributed by atoms with Crippen molar-refractivity contribution in [3.8, 4) is 0 Å². The number of fused-ring (bicyclic) bond motifs is 1. The monoisotopic (exact) mass is 495 g/mol. The Morgan fingerprint density at radius 2 is 2.04 bits per heavy atom. The highest BCUT2D eigenvalue weighted by atomic mass is 127. The van der Waals surface area contributed by atoms with E-state index in [1.165, 1.54) is 22.0 Å². The summed E-state index contributed by atoms with van der Waals surface area (Å²) in [6.45, 7) is 7.77. The van der Waals surface area contributed by atoms with Crippen LogP contribution in [0, 0.1) is 6.92 Å². The lowest BCUT2D eigenvalue weighted by Crippen LogP contribution is -2.38. The summed E-state index contributed by atoms with van der Waals surface area (Å²) >= 11 is 0. The van der Waals surface area contributed by atoms with Gasteiger partial charge in [-0.15, -0.1) is 24.0 Å². The number of nitrogens with one attached hydrogen (secondary N) is 3. The van der Waals surface area contributed by atoms with E-state index in [2.05, 4.69) is 70.9 Å². The van der Waals surface area contributed by atoms with Crippen molar-refractivity contribution in [3.05, 3.63) is 52.5 Å². The first-order chi connectivity index (χ1) is 13.2. The molecule has 6 nitrogen and oxygen atoms in total. The minimum absolute atomic E-state index is 0. The number of hydrogen-bond acceptors (Lipinski definition) is 3. The fraction of sp³-hybridized carbons (Fsp3) is 0.429. The first-order valence-electron chi connectivity index (χ1n) is 9.63. The molecule has 0 bridgehead atoms. The number of aromatic amines is 1. The summed E-state index contributed by atoms with van der Waals surface area (Å²) in [7, 11) is 1.79. The second-order valence-corrected chi connectivity index (χ2v) is 6.70. The Balaban J connectivity index is 0.00000280. The van der Waals surface area contributed by atoms with Gasteiger partial charge in [0.25, 0.3) is 0 Å². The first kappa shape index (κ1) is 22.3. The molecule has 0 fully saturated rings. The SMILES string of the molecule is CCc1noc(CC)c1CNC(=NC)NCCc1c[nH]c2cc(C)ccc12.I. The van der Waals surface area contributed by atoms with E-state index in [0.29, 0.717) is 6.54 Å². The maximum Gasteiger partial charge on any atom is 0.191 e. The van der Waals surface area contributed by atoms with Crippen LogP contribution in [0.5, 0.6) is 0 Å². The summed E-state index contributed by atoms with van der Waals surface area (Å²) < 4.78 is 5.43. The van der Waals surface area contributed by atoms with Crippen LogP contribution in [0.4, 0.5) is 0 Å². The molecule has 1 aromatic carbocycles. The number of aromatic nitrogens is 2. The molecule has 0 unspecified atom stereocenters. The fourth-order valence-corrected chi connectivity index (χ4v) is 3.35. The molecule has 152 valence electrons. The van der Waals surface area contributed by atoms with Gasteiger partial charge in [-0.05, 0) is 37.0 Å². The topological polar surface area (TPSA) is 78.2 Å². The van der Waals surface area contributed by atoms with Crippen LogP contribution in [-0.4, -0.2) is 29.7 Å². The van der Waals surface area contributed by atoms with E-state index in [1.807, 2.05) is 0 Å². The molecule has 2 aromatic heterocycles. The molecule has 0 spiro atoms. The van der Waals surface area contributed by atoms with Crippen molar-refractivity contribution < 1.29 is 4.52 Å². The molecular weight excluding hydrogens is 465 g/mol. The third kappa shape index (κ3) is 5.06. The molecule has 0 aliphatic rings. The average molecular weight is 495 g/mol. The Morgan fingerprint density at radius 1 is 1.21 bits per heavy atom. The minimum atomic E-state index is 0. The maximum absolute atomic E-state index is 5.43. The molecule has 0 radical (unpaired) electrons. The van der Waals surface area contributed by atoms with Crippen molar-refractivity contribution in [3.63, 3.8) is 0 Å². The van der Waals surface area contributed by atoms with E-state index in [0.717, 1.165) is 48.8 Å². The lowest BCUT2D eigenvalue weighted by Gasteiger charge is -2.12. The zero-order chi connectivity index (χ0) is 19.2. The van der Waals surface area contributed by atoms with Crippen LogP contribution >= 0.6 is 24.0 Å². The van der Waals surface area contributed by atoms with Crippen molar-refractivity contribution in [1.29, 1.82) is 0 Å². The molecule has 0 aliphatic carbocycles. The first-order valence-corrected chi connectivity index (χ1v) is 9.63. The Morgan fingerprint density at radius 3 is 2.75 bits per heavy atom. The van der Waals surface area contributed by atoms with Crippen molar-refractivity contribution in [2.75, 3.05) is 13.6 Å². The summed E-state index contributed by atoms with van der Waals surface area (Å²) in [5.41, 5.74) is 5.94. The van der Waals surface area contributed by atoms with Gasteiger partial charge in [-0.2, -0.15) is 0 Å². The van der Waals surface area contributed by atoms with E-state index in [9.17, 15) is 0 Å². The molecule has 0 aliphatic heterocycles. The average Bonchev–Trinajstić information content (AvgIpc) is 3.27. The van der Waals surface area contributed by atoms with Crippen molar-refractivity contribution >= 4 is 40.8 Å². The number of guanidine groups is 1. The second-order valence-electron chi connectivity index (χ2n) is 6.70. The molecule has 3 aromatic rings. The van der Waals surface area contributed by atoms with Gasteiger partial charge in [0.15, 0.2) is 5.96 Å². The standard InChI is InChI=1S/C21H29N5O.HI/c1-5-18-17(20(6-2)27-26-18)13-25-21(22-4)23-10-9-15-12-24-19-11-14(3)7-8-16(15)19;/h7-8,11-12,24H,5-6,9-10,13H2,1-4H3,(H2,22,23,25);1H. The van der Waals surface area contributed by atoms with Crippen LogP contribution in [0.3, 0.4) is 0 Å². The summed E-state index contributed by atoms with van der Waals surface area (Å²) in [5.74, 6) is 1.74. The fourth-order valence-electron chi connectivity index (χ4n) is 3.35. The molecule has 0 amide bonds. The molecule has 3 N–H and O–H groups in total. The highest BCUT2D eigenvalue weighted by Gasteiger charge is 2.13. The van der Waals surface area contributed by atoms with Gasteiger partial charge in [0.05, 0.1) is 5.69 Å². The van der Waals surface area contributed by atoms with Crippen molar-refractivity contribution in [2.45, 2.75) is 46.6 Å². The largest absolute Gasteiger partial charge is 0.361 e. The number of aliphatic imine (C=N–C) groups is 1. The molecule has 7 heteroatoms. The van der Waals surface area contributed by atoms with Gasteiger partial charge in [-0.3, -0.25) is 4.99 Å². The van der Waals surface area contributed by atoms with E-state index in [-0.39, 0.29) is 24.0 Å². The Kier molecular flexibility index (Phi) is 8.35. The minimum Gasteiger partial charge on any atom is -0.361 e. The predicted molar refractivity (Wildman–Crippen MR) is 126 cm³/mol. The number of rotatable bonds is 7. The zero-order valence-electron chi connectivity index (χ0n) is 17.1. The quantitative estimate of drug-likeness (QED) is 0.262. The Hall–Kier alpha value is -2.03. The number of hydrogen-bond donors (Lipinski definition) is 3. The number of benzene rings is 1. The van der Waals surface area contributed by atoms with Crippen LogP contribution in [-0.2, 0) is 25.8 Å². The lowest BCUT2D eigenvalue weighted by atomic mass is 10.1. The molecule has 0 saturated carbocycles. The van der Waals surface area contributed by atoms with Gasteiger partial charge >= 0.3 is 0 Å². The maximum atomic E-state index is 5.43. The highest BCUT2D eigenvalue weighted by Crippen LogP contribution is 2.19. The summed E-state index contributed by atoms with van der Waals surface area (Å²) in [5, 5.41) is 12.2. The van der Waals surface area contributed by atoms with Gasteiger partial charge in [0, 0.05) is 49.2 Å². The third-order valence-electron chi connectivity index (χ3n) is 4.87. The third-order valence-corrected chi connectivity index (χ3v) is 4.87. The van der Waals surface area contributed by atoms with Crippen LogP contribution in [0.1, 0.15) is 42.0 Å². The van der Waals surface area contributed by atoms with Crippen LogP contribution < -0.4 is 10.6 Å². The van der Waals surface area contributed by atoms with E-state index >= 15 is 0 Å². The number of halogens is 1. The van der Waals surface area contributed by atoms with Crippen molar-refractivity contribution in [1.82, 2.24) is 20.8 Å². The van der Waals surface area contributed by atoms with Gasteiger partial charge in [-0.1, -0.05) is 31.1 Å². The molecule has 28 heavy (non-hydrogen) atoms. The molecule has 2 heterocycles. The Labute approximate surface area is 183 Å². The van der Waals surface area contributed by atoms with Gasteiger partial charge < -0.3 is 20.1 Å². The number of nitrogens with zero attached hydrogens (tertiary/aromatic N) is 2. The molecule has 3 rings (SSSR count). The number of aryl methyl sites for hydroxylation is 3. The highest BCUT2D eigenvalue weighted by molar-refractivity contribution is 14.0. The predicted octanol–water partition coefficient (Wildman–Crippen LogP) is 4.11. The summed E-state index contributed by atoms with van der Waals surface area (Å²) in [6.07, 6.45) is 4.74. The van der Waals surface area contributed by atoms with Gasteiger partial charge in [0.1, 0.15) is 5.76 Å². The zero-order valence-corrected chi connectivity index (χ0v) is 19.4. The Bertz CT molecular complexity index is 907. The van der Waals surface area contributed by atoms with Crippen LogP contribution in [0.2, 0.25) is 0 Å². The van der Waals surface area contributed by atoms with Crippen LogP contribution in [0.15, 0.2) is 33.9 Å². The van der Waals surface area contributed by atoms with Crippen molar-refractivity contribution in [2.24, 2.45) is 4.99 Å². The van der Waals surface area contributed by atoms with Gasteiger partial charge in [0.2, 0.25) is 0 Å². The lowest BCUT2D eigenvalue weighted by molar-refractivity contribution is 0.380.